The summed E-state index contributed by atoms with van der Waals surface area (Å²) in [6, 6.07) is 18.7. The van der Waals surface area contributed by atoms with Crippen molar-refractivity contribution in [1.82, 2.24) is 5.32 Å². The minimum Gasteiger partial charge on any atom is -0.342 e. The highest BCUT2D eigenvalue weighted by molar-refractivity contribution is 8.00. The normalized spacial score (nSPS) is 11.8. The number of nitrogens with zero attached hydrogens (tertiary/aromatic N) is 1. The molecule has 25 heavy (non-hydrogen) atoms. The number of nitriles is 1. The Hall–Kier alpha value is -2.25. The Morgan fingerprint density at radius 2 is 1.88 bits per heavy atom. The molecule has 0 aliphatic rings. The first-order chi connectivity index (χ1) is 12.0. The summed E-state index contributed by atoms with van der Waals surface area (Å²) in [4.78, 5) is 13.3. The van der Waals surface area contributed by atoms with Gasteiger partial charge in [0, 0.05) is 4.90 Å². The standard InChI is InChI=1S/C21H24N2OS/c1-15(2)13-20(21(24)23-12-11-22)25-19-9-7-17(8-10-19)18-6-4-5-16(3)14-18/h4-10,14-15,20H,12-13H2,1-3H3,(H,23,24). The van der Waals surface area contributed by atoms with Crippen LogP contribution in [0.15, 0.2) is 53.4 Å². The fraction of sp³-hybridized carbons (Fsp3) is 0.333. The zero-order valence-corrected chi connectivity index (χ0v) is 15.8. The van der Waals surface area contributed by atoms with Gasteiger partial charge >= 0.3 is 0 Å². The van der Waals surface area contributed by atoms with Gasteiger partial charge in [-0.1, -0.05) is 55.8 Å². The van der Waals surface area contributed by atoms with Crippen molar-refractivity contribution < 1.29 is 4.79 Å². The Kier molecular flexibility index (Phi) is 7.09. The molecule has 0 fully saturated rings. The fourth-order valence-electron chi connectivity index (χ4n) is 2.59. The van der Waals surface area contributed by atoms with Crippen molar-refractivity contribution in [2.24, 2.45) is 5.92 Å². The quantitative estimate of drug-likeness (QED) is 0.575. The maximum Gasteiger partial charge on any atom is 0.234 e. The van der Waals surface area contributed by atoms with Crippen LogP contribution in [0, 0.1) is 24.2 Å². The second kappa shape index (κ2) is 9.29. The minimum atomic E-state index is -0.182. The predicted octanol–water partition coefficient (Wildman–Crippen LogP) is 4.81. The van der Waals surface area contributed by atoms with Crippen LogP contribution in [-0.4, -0.2) is 17.7 Å². The first-order valence-corrected chi connectivity index (χ1v) is 9.36. The summed E-state index contributed by atoms with van der Waals surface area (Å²) < 4.78 is 0. The van der Waals surface area contributed by atoms with Crippen molar-refractivity contribution >= 4 is 17.7 Å². The van der Waals surface area contributed by atoms with Crippen molar-refractivity contribution in [3.05, 3.63) is 54.1 Å². The first kappa shape index (κ1) is 19.1. The van der Waals surface area contributed by atoms with E-state index in [2.05, 4.69) is 74.6 Å². The number of aryl methyl sites for hydroxylation is 1. The average molecular weight is 353 g/mol. The van der Waals surface area contributed by atoms with Gasteiger partial charge in [0.2, 0.25) is 5.91 Å². The number of nitrogens with one attached hydrogen (secondary N) is 1. The summed E-state index contributed by atoms with van der Waals surface area (Å²) in [6.07, 6.45) is 0.779. The van der Waals surface area contributed by atoms with E-state index in [0.29, 0.717) is 5.92 Å². The van der Waals surface area contributed by atoms with Crippen molar-refractivity contribution in [2.75, 3.05) is 6.54 Å². The lowest BCUT2D eigenvalue weighted by Crippen LogP contribution is -2.33. The van der Waals surface area contributed by atoms with E-state index in [0.717, 1.165) is 11.3 Å². The van der Waals surface area contributed by atoms with Gasteiger partial charge in [0.15, 0.2) is 0 Å². The van der Waals surface area contributed by atoms with Crippen LogP contribution >= 0.6 is 11.8 Å². The summed E-state index contributed by atoms with van der Waals surface area (Å²) in [5.74, 6) is 0.347. The highest BCUT2D eigenvalue weighted by Gasteiger charge is 2.20. The molecule has 1 atom stereocenters. The molecule has 0 saturated carbocycles. The lowest BCUT2D eigenvalue weighted by molar-refractivity contribution is -0.120. The molecule has 0 bridgehead atoms. The first-order valence-electron chi connectivity index (χ1n) is 8.48. The number of thioether (sulfide) groups is 1. The van der Waals surface area contributed by atoms with Gasteiger partial charge in [-0.15, -0.1) is 11.8 Å². The monoisotopic (exact) mass is 352 g/mol. The van der Waals surface area contributed by atoms with Crippen LogP contribution < -0.4 is 5.32 Å². The van der Waals surface area contributed by atoms with Crippen molar-refractivity contribution in [3.8, 4) is 17.2 Å². The molecule has 0 saturated heterocycles. The van der Waals surface area contributed by atoms with E-state index in [4.69, 9.17) is 5.26 Å². The number of rotatable bonds is 7. The molecule has 1 N–H and O–H groups in total. The molecule has 0 aliphatic heterocycles. The van der Waals surface area contributed by atoms with E-state index < -0.39 is 0 Å². The van der Waals surface area contributed by atoms with Crippen molar-refractivity contribution in [3.63, 3.8) is 0 Å². The molecule has 2 aromatic rings. The molecule has 1 amide bonds. The van der Waals surface area contributed by atoms with Crippen LogP contribution in [0.3, 0.4) is 0 Å². The largest absolute Gasteiger partial charge is 0.342 e. The summed E-state index contributed by atoms with van der Waals surface area (Å²) in [6.45, 7) is 6.35. The Morgan fingerprint density at radius 1 is 1.16 bits per heavy atom. The summed E-state index contributed by atoms with van der Waals surface area (Å²) in [5, 5.41) is 11.2. The molecule has 1 unspecified atom stereocenters. The van der Waals surface area contributed by atoms with Crippen molar-refractivity contribution in [2.45, 2.75) is 37.3 Å². The van der Waals surface area contributed by atoms with Crippen LogP contribution in [0.2, 0.25) is 0 Å². The Labute approximate surface area is 154 Å². The van der Waals surface area contributed by atoms with Gasteiger partial charge in [-0.2, -0.15) is 5.26 Å². The average Bonchev–Trinajstić information content (AvgIpc) is 2.59. The lowest BCUT2D eigenvalue weighted by Gasteiger charge is -2.17. The van der Waals surface area contributed by atoms with Gasteiger partial charge in [-0.3, -0.25) is 4.79 Å². The van der Waals surface area contributed by atoms with Gasteiger partial charge in [-0.25, -0.2) is 0 Å². The Bertz CT molecular complexity index is 747. The fourth-order valence-corrected chi connectivity index (χ4v) is 3.89. The molecule has 2 aromatic carbocycles. The Balaban J connectivity index is 2.11. The molecule has 0 aromatic heterocycles. The minimum absolute atomic E-state index is 0.0558. The SMILES string of the molecule is Cc1cccc(-c2ccc(SC(CC(C)C)C(=O)NCC#N)cc2)c1. The molecule has 130 valence electrons. The third kappa shape index (κ3) is 5.95. The van der Waals surface area contributed by atoms with E-state index in [1.54, 1.807) is 11.8 Å². The van der Waals surface area contributed by atoms with Gasteiger partial charge in [0.1, 0.15) is 6.54 Å². The third-order valence-corrected chi connectivity index (χ3v) is 5.04. The van der Waals surface area contributed by atoms with Gasteiger partial charge < -0.3 is 5.32 Å². The van der Waals surface area contributed by atoms with Crippen LogP contribution in [0.5, 0.6) is 0 Å². The molecular weight excluding hydrogens is 328 g/mol. The number of hydrogen-bond donors (Lipinski definition) is 1. The molecule has 4 heteroatoms. The van der Waals surface area contributed by atoms with E-state index >= 15 is 0 Å². The van der Waals surface area contributed by atoms with Gasteiger partial charge in [0.25, 0.3) is 0 Å². The summed E-state index contributed by atoms with van der Waals surface area (Å²) in [5.41, 5.74) is 3.60. The van der Waals surface area contributed by atoms with Crippen LogP contribution in [0.4, 0.5) is 0 Å². The molecule has 0 spiro atoms. The van der Waals surface area contributed by atoms with Gasteiger partial charge in [0.05, 0.1) is 11.3 Å². The van der Waals surface area contributed by atoms with E-state index in [-0.39, 0.29) is 17.7 Å². The maximum absolute atomic E-state index is 12.3. The summed E-state index contributed by atoms with van der Waals surface area (Å²) >= 11 is 1.56. The van der Waals surface area contributed by atoms with E-state index in [1.165, 1.54) is 16.7 Å². The molecule has 0 heterocycles. The topological polar surface area (TPSA) is 52.9 Å². The third-order valence-electron chi connectivity index (χ3n) is 3.80. The number of carbonyl (C=O) groups is 1. The van der Waals surface area contributed by atoms with Gasteiger partial charge in [-0.05, 0) is 42.5 Å². The molecule has 0 radical (unpaired) electrons. The number of benzene rings is 2. The zero-order valence-electron chi connectivity index (χ0n) is 15.0. The molecule has 3 nitrogen and oxygen atoms in total. The van der Waals surface area contributed by atoms with Crippen LogP contribution in [0.25, 0.3) is 11.1 Å². The van der Waals surface area contributed by atoms with Crippen LogP contribution in [-0.2, 0) is 4.79 Å². The zero-order chi connectivity index (χ0) is 18.2. The Morgan fingerprint density at radius 3 is 2.48 bits per heavy atom. The second-order valence-electron chi connectivity index (χ2n) is 6.51. The lowest BCUT2D eigenvalue weighted by atomic mass is 10.0. The molecule has 2 rings (SSSR count). The van der Waals surface area contributed by atoms with Crippen LogP contribution in [0.1, 0.15) is 25.8 Å². The number of hydrogen-bond acceptors (Lipinski definition) is 3. The smallest absolute Gasteiger partial charge is 0.234 e. The summed E-state index contributed by atoms with van der Waals surface area (Å²) in [7, 11) is 0. The highest BCUT2D eigenvalue weighted by atomic mass is 32.2. The maximum atomic E-state index is 12.3. The highest BCUT2D eigenvalue weighted by Crippen LogP contribution is 2.30. The molecule has 0 aliphatic carbocycles. The predicted molar refractivity (Wildman–Crippen MR) is 104 cm³/mol. The van der Waals surface area contributed by atoms with E-state index in [9.17, 15) is 4.79 Å². The van der Waals surface area contributed by atoms with Crippen molar-refractivity contribution in [1.29, 1.82) is 5.26 Å². The van der Waals surface area contributed by atoms with E-state index in [1.807, 2.05) is 6.07 Å². The number of amides is 1. The second-order valence-corrected chi connectivity index (χ2v) is 7.78. The number of carbonyl (C=O) groups excluding carboxylic acids is 1. The molecular formula is C21H24N2OS.